The van der Waals surface area contributed by atoms with E-state index in [4.69, 9.17) is 4.74 Å². The van der Waals surface area contributed by atoms with E-state index >= 15 is 0 Å². The fourth-order valence-corrected chi connectivity index (χ4v) is 3.85. The summed E-state index contributed by atoms with van der Waals surface area (Å²) in [5, 5.41) is 7.81. The molecule has 1 unspecified atom stereocenters. The van der Waals surface area contributed by atoms with Crippen LogP contribution < -0.4 is 10.6 Å². The zero-order valence-electron chi connectivity index (χ0n) is 18.2. The molecule has 0 bridgehead atoms. The lowest BCUT2D eigenvalue weighted by Crippen LogP contribution is -2.55. The summed E-state index contributed by atoms with van der Waals surface area (Å²) in [6.45, 7) is 5.93. The van der Waals surface area contributed by atoms with Gasteiger partial charge < -0.3 is 25.1 Å². The Kier molecular flexibility index (Phi) is 8.00. The van der Waals surface area contributed by atoms with Gasteiger partial charge in [-0.3, -0.25) is 4.79 Å². The molecule has 7 nitrogen and oxygen atoms in total. The van der Waals surface area contributed by atoms with Gasteiger partial charge in [0.05, 0.1) is 19.3 Å². The molecular weight excluding hydrogens is 394 g/mol. The minimum Gasteiger partial charge on any atom is -0.378 e. The molecule has 0 saturated carbocycles. The van der Waals surface area contributed by atoms with Crippen LogP contribution in [0.1, 0.15) is 25.8 Å². The van der Waals surface area contributed by atoms with Crippen LogP contribution in [-0.2, 0) is 20.7 Å². The van der Waals surface area contributed by atoms with Crippen LogP contribution in [0.4, 0.5) is 4.79 Å². The van der Waals surface area contributed by atoms with E-state index in [2.05, 4.69) is 10.6 Å². The molecule has 2 atom stereocenters. The molecule has 2 aromatic rings. The number of morpholine rings is 1. The Balaban J connectivity index is 1.81. The highest BCUT2D eigenvalue weighted by atomic mass is 16.5. The second-order valence-electron chi connectivity index (χ2n) is 8.32. The van der Waals surface area contributed by atoms with Gasteiger partial charge >= 0.3 is 6.03 Å². The Hall–Kier alpha value is -2.93. The van der Waals surface area contributed by atoms with E-state index in [0.717, 1.165) is 22.6 Å². The molecule has 2 N–H and O–H groups in total. The molecule has 166 valence electrons. The van der Waals surface area contributed by atoms with E-state index < -0.39 is 12.1 Å². The maximum absolute atomic E-state index is 13.1. The molecule has 31 heavy (non-hydrogen) atoms. The second kappa shape index (κ2) is 10.9. The Bertz CT molecular complexity index is 903. The maximum atomic E-state index is 13.1. The summed E-state index contributed by atoms with van der Waals surface area (Å²) in [4.78, 5) is 39.1. The standard InChI is InChI=1S/C24H31N3O4/c1-17(2)14-20(16-28)25-23(29)22(26-24(30)27-10-12-31-13-11-27)15-19-8-5-7-18-6-3-4-9-21(18)19/h3-9,16-17,20,22H,10-15H2,1-2H3,(H,25,29)(H,26,30)/t20?,22-/m0/s1. The van der Waals surface area contributed by atoms with Gasteiger partial charge in [-0.15, -0.1) is 0 Å². The summed E-state index contributed by atoms with van der Waals surface area (Å²) in [7, 11) is 0. The van der Waals surface area contributed by atoms with Gasteiger partial charge in [0.15, 0.2) is 0 Å². The summed E-state index contributed by atoms with van der Waals surface area (Å²) < 4.78 is 5.31. The third-order valence-electron chi connectivity index (χ3n) is 5.43. The minimum absolute atomic E-state index is 0.259. The molecule has 1 fully saturated rings. The highest BCUT2D eigenvalue weighted by Gasteiger charge is 2.27. The van der Waals surface area contributed by atoms with Crippen LogP contribution >= 0.6 is 0 Å². The van der Waals surface area contributed by atoms with E-state index in [0.29, 0.717) is 39.1 Å². The van der Waals surface area contributed by atoms with Crippen molar-refractivity contribution in [1.82, 2.24) is 15.5 Å². The number of ether oxygens (including phenoxy) is 1. The van der Waals surface area contributed by atoms with Crippen molar-refractivity contribution in [1.29, 1.82) is 0 Å². The second-order valence-corrected chi connectivity index (χ2v) is 8.32. The monoisotopic (exact) mass is 425 g/mol. The van der Waals surface area contributed by atoms with Crippen molar-refractivity contribution in [3.63, 3.8) is 0 Å². The third kappa shape index (κ3) is 6.28. The van der Waals surface area contributed by atoms with Crippen molar-refractivity contribution >= 4 is 29.0 Å². The molecule has 0 radical (unpaired) electrons. The highest BCUT2D eigenvalue weighted by molar-refractivity contribution is 5.91. The highest BCUT2D eigenvalue weighted by Crippen LogP contribution is 2.20. The van der Waals surface area contributed by atoms with Crippen molar-refractivity contribution in [2.24, 2.45) is 5.92 Å². The number of carbonyl (C=O) groups is 3. The average molecular weight is 426 g/mol. The number of hydrogen-bond donors (Lipinski definition) is 2. The number of rotatable bonds is 8. The molecule has 0 aromatic heterocycles. The topological polar surface area (TPSA) is 87.7 Å². The predicted molar refractivity (Wildman–Crippen MR) is 120 cm³/mol. The Morgan fingerprint density at radius 1 is 1.06 bits per heavy atom. The number of hydrogen-bond acceptors (Lipinski definition) is 4. The fourth-order valence-electron chi connectivity index (χ4n) is 3.85. The average Bonchev–Trinajstić information content (AvgIpc) is 2.78. The summed E-state index contributed by atoms with van der Waals surface area (Å²) in [5.41, 5.74) is 0.965. The van der Waals surface area contributed by atoms with Crippen molar-refractivity contribution in [2.75, 3.05) is 26.3 Å². The fraction of sp³-hybridized carbons (Fsp3) is 0.458. The Labute approximate surface area is 183 Å². The van der Waals surface area contributed by atoms with Crippen LogP contribution in [0, 0.1) is 5.92 Å². The third-order valence-corrected chi connectivity index (χ3v) is 5.43. The van der Waals surface area contributed by atoms with Crippen LogP contribution in [0.3, 0.4) is 0 Å². The van der Waals surface area contributed by atoms with Crippen molar-refractivity contribution in [2.45, 2.75) is 38.8 Å². The lowest BCUT2D eigenvalue weighted by molar-refractivity contribution is -0.125. The number of carbonyl (C=O) groups excluding carboxylic acids is 3. The molecule has 2 aromatic carbocycles. The van der Waals surface area contributed by atoms with Gasteiger partial charge in [-0.25, -0.2) is 4.79 Å². The molecule has 0 aliphatic carbocycles. The molecular formula is C24H31N3O4. The van der Waals surface area contributed by atoms with E-state index in [1.165, 1.54) is 0 Å². The molecule has 7 heteroatoms. The van der Waals surface area contributed by atoms with Crippen molar-refractivity contribution in [3.05, 3.63) is 48.0 Å². The first-order valence-electron chi connectivity index (χ1n) is 10.8. The molecule has 1 aliphatic heterocycles. The Morgan fingerprint density at radius 2 is 1.77 bits per heavy atom. The smallest absolute Gasteiger partial charge is 0.318 e. The van der Waals surface area contributed by atoms with Gasteiger partial charge in [-0.1, -0.05) is 56.3 Å². The molecule has 0 spiro atoms. The van der Waals surface area contributed by atoms with E-state index in [1.807, 2.05) is 56.3 Å². The molecule has 3 rings (SSSR count). The lowest BCUT2D eigenvalue weighted by atomic mass is 9.98. The van der Waals surface area contributed by atoms with Crippen molar-refractivity contribution in [3.8, 4) is 0 Å². The number of nitrogens with one attached hydrogen (secondary N) is 2. The molecule has 1 heterocycles. The van der Waals surface area contributed by atoms with Gasteiger partial charge in [0, 0.05) is 19.5 Å². The van der Waals surface area contributed by atoms with Crippen LogP contribution in [0.15, 0.2) is 42.5 Å². The van der Waals surface area contributed by atoms with Gasteiger partial charge in [-0.05, 0) is 28.7 Å². The van der Waals surface area contributed by atoms with E-state index in [-0.39, 0.29) is 17.9 Å². The number of amides is 3. The molecule has 1 saturated heterocycles. The predicted octanol–water partition coefficient (Wildman–Crippen LogP) is 2.52. The van der Waals surface area contributed by atoms with E-state index in [1.54, 1.807) is 4.90 Å². The maximum Gasteiger partial charge on any atom is 0.318 e. The number of fused-ring (bicyclic) bond motifs is 1. The van der Waals surface area contributed by atoms with Gasteiger partial charge in [0.25, 0.3) is 0 Å². The number of benzene rings is 2. The lowest BCUT2D eigenvalue weighted by Gasteiger charge is -2.29. The van der Waals surface area contributed by atoms with Gasteiger partial charge in [-0.2, -0.15) is 0 Å². The summed E-state index contributed by atoms with van der Waals surface area (Å²) >= 11 is 0. The van der Waals surface area contributed by atoms with Gasteiger partial charge in [0.1, 0.15) is 12.3 Å². The zero-order valence-corrected chi connectivity index (χ0v) is 18.2. The number of nitrogens with zero attached hydrogens (tertiary/aromatic N) is 1. The first kappa shape index (κ1) is 22.7. The van der Waals surface area contributed by atoms with Crippen LogP contribution in [0.2, 0.25) is 0 Å². The number of urea groups is 1. The molecule has 1 aliphatic rings. The summed E-state index contributed by atoms with van der Waals surface area (Å²) in [5.74, 6) is -0.0951. The van der Waals surface area contributed by atoms with Crippen LogP contribution in [0.5, 0.6) is 0 Å². The quantitative estimate of drug-likeness (QED) is 0.636. The Morgan fingerprint density at radius 3 is 2.48 bits per heavy atom. The van der Waals surface area contributed by atoms with Crippen LogP contribution in [0.25, 0.3) is 10.8 Å². The normalized spacial score (nSPS) is 16.0. The van der Waals surface area contributed by atoms with E-state index in [9.17, 15) is 14.4 Å². The summed E-state index contributed by atoms with van der Waals surface area (Å²) in [6.07, 6.45) is 1.64. The minimum atomic E-state index is -0.796. The first-order valence-corrected chi connectivity index (χ1v) is 10.8. The SMILES string of the molecule is CC(C)CC(C=O)NC(=O)[C@H](Cc1cccc2ccccc12)NC(=O)N1CCOCC1. The summed E-state index contributed by atoms with van der Waals surface area (Å²) in [6, 6.07) is 12.2. The molecule has 3 amide bonds. The number of aldehydes is 1. The van der Waals surface area contributed by atoms with Crippen LogP contribution in [-0.4, -0.2) is 61.5 Å². The van der Waals surface area contributed by atoms with Crippen molar-refractivity contribution < 1.29 is 19.1 Å². The zero-order chi connectivity index (χ0) is 22.2. The first-order chi connectivity index (χ1) is 15.0. The van der Waals surface area contributed by atoms with Gasteiger partial charge in [0.2, 0.25) is 5.91 Å². The largest absolute Gasteiger partial charge is 0.378 e.